The molecule has 1 aliphatic carbocycles. The van der Waals surface area contributed by atoms with Crippen LogP contribution < -0.4 is 15.8 Å². The first kappa shape index (κ1) is 19.2. The Balaban J connectivity index is 1.74. The van der Waals surface area contributed by atoms with Gasteiger partial charge in [0.2, 0.25) is 5.91 Å². The number of carbonyl (C=O) groups excluding carboxylic acids is 1. The molecule has 1 saturated carbocycles. The largest absolute Gasteiger partial charge is 0.496 e. The minimum Gasteiger partial charge on any atom is -0.496 e. The molecule has 2 atom stereocenters. The van der Waals surface area contributed by atoms with Crippen LogP contribution in [0.3, 0.4) is 0 Å². The Morgan fingerprint density at radius 1 is 1.35 bits per heavy atom. The van der Waals surface area contributed by atoms with E-state index in [1.165, 1.54) is 11.1 Å². The van der Waals surface area contributed by atoms with E-state index in [0.717, 1.165) is 37.9 Å². The second-order valence-corrected chi connectivity index (χ2v) is 7.93. The van der Waals surface area contributed by atoms with Gasteiger partial charge < -0.3 is 20.5 Å². The Morgan fingerprint density at radius 3 is 2.77 bits per heavy atom. The molecular weight excluding hydrogens is 328 g/mol. The molecule has 26 heavy (non-hydrogen) atoms. The molecule has 0 bridgehead atoms. The fourth-order valence-electron chi connectivity index (χ4n) is 4.44. The Bertz CT molecular complexity index is 626. The van der Waals surface area contributed by atoms with Gasteiger partial charge in [-0.3, -0.25) is 4.79 Å². The predicted molar refractivity (Wildman–Crippen MR) is 102 cm³/mol. The third-order valence-electron chi connectivity index (χ3n) is 6.17. The molecule has 0 spiro atoms. The molecular formula is C21H32N2O3. The van der Waals surface area contributed by atoms with Gasteiger partial charge in [-0.2, -0.15) is 0 Å². The topological polar surface area (TPSA) is 73.6 Å². The molecule has 0 radical (unpaired) electrons. The average Bonchev–Trinajstić information content (AvgIpc) is 3.05. The number of benzene rings is 1. The van der Waals surface area contributed by atoms with Crippen molar-refractivity contribution in [3.63, 3.8) is 0 Å². The Hall–Kier alpha value is -1.59. The van der Waals surface area contributed by atoms with Crippen LogP contribution in [-0.4, -0.2) is 38.8 Å². The average molecular weight is 360 g/mol. The summed E-state index contributed by atoms with van der Waals surface area (Å²) in [5.74, 6) is 1.34. The maximum Gasteiger partial charge on any atom is 0.220 e. The standard InChI is InChI=1S/C21H32N2O3/c1-15-6-7-19(25-2)17(12-15)21(8-10-26-11-9-21)14-23-20(24)13-16-4-3-5-18(16)22/h6-7,12,16,18H,3-5,8-11,13-14,22H2,1-2H3,(H,23,24)/t16-,18+/m0/s1. The van der Waals surface area contributed by atoms with Crippen molar-refractivity contribution in [2.24, 2.45) is 11.7 Å². The molecule has 1 aromatic rings. The second-order valence-electron chi connectivity index (χ2n) is 7.93. The maximum atomic E-state index is 12.6. The van der Waals surface area contributed by atoms with E-state index >= 15 is 0 Å². The lowest BCUT2D eigenvalue weighted by molar-refractivity contribution is -0.122. The van der Waals surface area contributed by atoms with Gasteiger partial charge in [0.25, 0.3) is 0 Å². The fourth-order valence-corrected chi connectivity index (χ4v) is 4.44. The summed E-state index contributed by atoms with van der Waals surface area (Å²) in [5, 5.41) is 3.20. The highest BCUT2D eigenvalue weighted by atomic mass is 16.5. The number of rotatable bonds is 6. The number of hydrogen-bond acceptors (Lipinski definition) is 4. The molecule has 5 heteroatoms. The van der Waals surface area contributed by atoms with Gasteiger partial charge in [-0.05, 0) is 44.6 Å². The van der Waals surface area contributed by atoms with E-state index in [-0.39, 0.29) is 17.4 Å². The first-order chi connectivity index (χ1) is 12.5. The van der Waals surface area contributed by atoms with Gasteiger partial charge in [-0.25, -0.2) is 0 Å². The zero-order valence-corrected chi connectivity index (χ0v) is 16.1. The molecule has 1 heterocycles. The van der Waals surface area contributed by atoms with E-state index in [1.54, 1.807) is 7.11 Å². The predicted octanol–water partition coefficient (Wildman–Crippen LogP) is 2.69. The van der Waals surface area contributed by atoms with Crippen LogP contribution in [0.2, 0.25) is 0 Å². The number of ether oxygens (including phenoxy) is 2. The monoisotopic (exact) mass is 360 g/mol. The van der Waals surface area contributed by atoms with E-state index in [2.05, 4.69) is 24.4 Å². The van der Waals surface area contributed by atoms with E-state index in [4.69, 9.17) is 15.2 Å². The third kappa shape index (κ3) is 4.21. The number of amides is 1. The third-order valence-corrected chi connectivity index (χ3v) is 6.17. The first-order valence-corrected chi connectivity index (χ1v) is 9.79. The zero-order chi connectivity index (χ0) is 18.6. The van der Waals surface area contributed by atoms with Gasteiger partial charge in [-0.15, -0.1) is 0 Å². The zero-order valence-electron chi connectivity index (χ0n) is 16.1. The highest BCUT2D eigenvalue weighted by Crippen LogP contribution is 2.40. The molecule has 1 saturated heterocycles. The number of hydrogen-bond donors (Lipinski definition) is 2. The van der Waals surface area contributed by atoms with Crippen molar-refractivity contribution in [1.82, 2.24) is 5.32 Å². The lowest BCUT2D eigenvalue weighted by Gasteiger charge is -2.39. The SMILES string of the molecule is COc1ccc(C)cc1C1(CNC(=O)C[C@@H]2CCC[C@H]2N)CCOCC1. The number of carbonyl (C=O) groups is 1. The molecule has 5 nitrogen and oxygen atoms in total. The van der Waals surface area contributed by atoms with Crippen molar-refractivity contribution in [3.05, 3.63) is 29.3 Å². The highest BCUT2D eigenvalue weighted by Gasteiger charge is 2.37. The summed E-state index contributed by atoms with van der Waals surface area (Å²) in [6.07, 6.45) is 5.56. The minimum absolute atomic E-state index is 0.116. The normalized spacial score (nSPS) is 25.0. The molecule has 3 rings (SSSR count). The summed E-state index contributed by atoms with van der Waals surface area (Å²) in [6, 6.07) is 6.47. The van der Waals surface area contributed by atoms with E-state index in [9.17, 15) is 4.79 Å². The summed E-state index contributed by atoms with van der Waals surface area (Å²) < 4.78 is 11.2. The van der Waals surface area contributed by atoms with Crippen molar-refractivity contribution in [1.29, 1.82) is 0 Å². The number of nitrogens with two attached hydrogens (primary N) is 1. The molecule has 3 N–H and O–H groups in total. The summed E-state index contributed by atoms with van der Waals surface area (Å²) in [5.41, 5.74) is 8.37. The van der Waals surface area contributed by atoms with Crippen LogP contribution >= 0.6 is 0 Å². The van der Waals surface area contributed by atoms with E-state index < -0.39 is 0 Å². The Kier molecular flexibility index (Phi) is 6.20. The summed E-state index contributed by atoms with van der Waals surface area (Å²) in [7, 11) is 1.71. The van der Waals surface area contributed by atoms with Crippen LogP contribution in [0, 0.1) is 12.8 Å². The number of aryl methyl sites for hydroxylation is 1. The maximum absolute atomic E-state index is 12.6. The summed E-state index contributed by atoms with van der Waals surface area (Å²) >= 11 is 0. The number of methoxy groups -OCH3 is 1. The van der Waals surface area contributed by atoms with Gasteiger partial charge in [-0.1, -0.05) is 24.1 Å². The first-order valence-electron chi connectivity index (χ1n) is 9.79. The highest BCUT2D eigenvalue weighted by molar-refractivity contribution is 5.76. The van der Waals surface area contributed by atoms with Crippen LogP contribution in [0.25, 0.3) is 0 Å². The van der Waals surface area contributed by atoms with Gasteiger partial charge in [0, 0.05) is 43.2 Å². The molecule has 1 aromatic carbocycles. The fraction of sp³-hybridized carbons (Fsp3) is 0.667. The van der Waals surface area contributed by atoms with Gasteiger partial charge >= 0.3 is 0 Å². The van der Waals surface area contributed by atoms with Crippen LogP contribution in [0.1, 0.15) is 49.7 Å². The van der Waals surface area contributed by atoms with Gasteiger partial charge in [0.05, 0.1) is 7.11 Å². The lowest BCUT2D eigenvalue weighted by Crippen LogP contribution is -2.45. The van der Waals surface area contributed by atoms with E-state index in [0.29, 0.717) is 32.1 Å². The van der Waals surface area contributed by atoms with Crippen LogP contribution in [-0.2, 0) is 14.9 Å². The number of nitrogens with one attached hydrogen (secondary N) is 1. The minimum atomic E-state index is -0.136. The van der Waals surface area contributed by atoms with Crippen molar-refractivity contribution in [2.75, 3.05) is 26.9 Å². The Labute approximate surface area is 156 Å². The van der Waals surface area contributed by atoms with Crippen molar-refractivity contribution >= 4 is 5.91 Å². The summed E-state index contributed by atoms with van der Waals surface area (Å²) in [6.45, 7) is 4.13. The van der Waals surface area contributed by atoms with Gasteiger partial charge in [0.1, 0.15) is 5.75 Å². The molecule has 1 aliphatic heterocycles. The van der Waals surface area contributed by atoms with E-state index in [1.807, 2.05) is 6.07 Å². The van der Waals surface area contributed by atoms with Crippen molar-refractivity contribution in [2.45, 2.75) is 56.9 Å². The van der Waals surface area contributed by atoms with Crippen molar-refractivity contribution in [3.8, 4) is 5.75 Å². The molecule has 0 unspecified atom stereocenters. The van der Waals surface area contributed by atoms with Crippen LogP contribution in [0.15, 0.2) is 18.2 Å². The van der Waals surface area contributed by atoms with Crippen LogP contribution in [0.4, 0.5) is 0 Å². The molecule has 0 aromatic heterocycles. The van der Waals surface area contributed by atoms with Crippen LogP contribution in [0.5, 0.6) is 5.75 Å². The lowest BCUT2D eigenvalue weighted by atomic mass is 9.73. The molecule has 2 fully saturated rings. The quantitative estimate of drug-likeness (QED) is 0.818. The van der Waals surface area contributed by atoms with Crippen molar-refractivity contribution < 1.29 is 14.3 Å². The molecule has 144 valence electrons. The molecule has 1 amide bonds. The summed E-state index contributed by atoms with van der Waals surface area (Å²) in [4.78, 5) is 12.6. The second kappa shape index (κ2) is 8.40. The smallest absolute Gasteiger partial charge is 0.220 e. The van der Waals surface area contributed by atoms with Gasteiger partial charge in [0.15, 0.2) is 0 Å². The molecule has 2 aliphatic rings. The Morgan fingerprint density at radius 2 is 2.12 bits per heavy atom.